The second kappa shape index (κ2) is 5.51. The molecule has 0 saturated heterocycles. The maximum atomic E-state index is 13.7. The second-order valence-electron chi connectivity index (χ2n) is 7.47. The molecular weight excluding hydrogens is 317 g/mol. The maximum Gasteiger partial charge on any atom is 0.130 e. The molecule has 0 radical (unpaired) electrons. The quantitative estimate of drug-likeness (QED) is 0.817. The van der Waals surface area contributed by atoms with E-state index in [0.29, 0.717) is 12.4 Å². The number of rotatable bonds is 3. The molecule has 0 amide bonds. The van der Waals surface area contributed by atoms with Crippen molar-refractivity contribution in [1.29, 1.82) is 0 Å². The summed E-state index contributed by atoms with van der Waals surface area (Å²) in [4.78, 5) is 0. The number of hydrogen-bond acceptors (Lipinski definition) is 3. The normalized spacial score (nSPS) is 16.8. The number of ether oxygens (including phenoxy) is 2. The van der Waals surface area contributed by atoms with E-state index in [-0.39, 0.29) is 17.5 Å². The van der Waals surface area contributed by atoms with E-state index in [1.54, 1.807) is 6.07 Å². The van der Waals surface area contributed by atoms with Crippen LogP contribution in [0.4, 0.5) is 10.1 Å². The number of benzene rings is 2. The van der Waals surface area contributed by atoms with E-state index in [1.807, 2.05) is 13.8 Å². The van der Waals surface area contributed by atoms with Crippen molar-refractivity contribution in [2.75, 3.05) is 5.32 Å². The summed E-state index contributed by atoms with van der Waals surface area (Å²) < 4.78 is 25.6. The highest BCUT2D eigenvalue weighted by Crippen LogP contribution is 2.46. The zero-order valence-corrected chi connectivity index (χ0v) is 14.9. The van der Waals surface area contributed by atoms with Crippen molar-refractivity contribution in [1.82, 2.24) is 0 Å². The van der Waals surface area contributed by atoms with Crippen LogP contribution in [-0.4, -0.2) is 11.6 Å². The predicted octanol–water partition coefficient (Wildman–Crippen LogP) is 5.36. The van der Waals surface area contributed by atoms with Crippen molar-refractivity contribution < 1.29 is 13.9 Å². The fourth-order valence-corrected chi connectivity index (χ4v) is 3.55. The van der Waals surface area contributed by atoms with Gasteiger partial charge in [0.15, 0.2) is 0 Å². The molecule has 0 atom stereocenters. The Labute approximate surface area is 147 Å². The third-order valence-electron chi connectivity index (χ3n) is 4.48. The van der Waals surface area contributed by atoms with Crippen LogP contribution < -0.4 is 10.1 Å². The highest BCUT2D eigenvalue weighted by Gasteiger charge is 2.33. The van der Waals surface area contributed by atoms with Gasteiger partial charge in [-0.3, -0.25) is 0 Å². The third-order valence-corrected chi connectivity index (χ3v) is 4.48. The number of halogens is 1. The van der Waals surface area contributed by atoms with E-state index < -0.39 is 0 Å². The second-order valence-corrected chi connectivity index (χ2v) is 7.47. The first-order chi connectivity index (χ1) is 11.8. The van der Waals surface area contributed by atoms with Gasteiger partial charge in [-0.2, -0.15) is 0 Å². The molecular formula is C21H22FNO2. The molecule has 1 N–H and O–H groups in total. The molecule has 0 bridgehead atoms. The Kier molecular flexibility index (Phi) is 3.53. The lowest BCUT2D eigenvalue weighted by molar-refractivity contribution is 0.242. The van der Waals surface area contributed by atoms with Crippen molar-refractivity contribution in [3.8, 4) is 16.9 Å². The van der Waals surface area contributed by atoms with Crippen molar-refractivity contribution >= 4 is 11.4 Å². The summed E-state index contributed by atoms with van der Waals surface area (Å²) in [7, 11) is 0. The molecule has 2 aliphatic rings. The summed E-state index contributed by atoms with van der Waals surface area (Å²) >= 11 is 0. The standard InChI is InChI=1S/C21H22FNO2/c1-12(2)25-18-9-13(22)5-6-15(18)14-7-8-17-20-16(14)11-24-19(20)10-21(3,4)23-17/h5-10,12,23H,11H2,1-4H3. The van der Waals surface area contributed by atoms with Gasteiger partial charge >= 0.3 is 0 Å². The van der Waals surface area contributed by atoms with Crippen molar-refractivity contribution in [2.45, 2.75) is 45.9 Å². The summed E-state index contributed by atoms with van der Waals surface area (Å²) in [6, 6.07) is 8.85. The van der Waals surface area contributed by atoms with Crippen molar-refractivity contribution in [3.63, 3.8) is 0 Å². The molecule has 0 aromatic heterocycles. The first-order valence-corrected chi connectivity index (χ1v) is 8.61. The molecule has 0 aliphatic carbocycles. The summed E-state index contributed by atoms with van der Waals surface area (Å²) in [6.07, 6.45) is 2.09. The average Bonchev–Trinajstić information content (AvgIpc) is 2.91. The maximum absolute atomic E-state index is 13.7. The van der Waals surface area contributed by atoms with Crippen molar-refractivity contribution in [3.05, 3.63) is 53.4 Å². The minimum absolute atomic E-state index is 0.0269. The van der Waals surface area contributed by atoms with Crippen LogP contribution in [0, 0.1) is 5.82 Å². The Balaban J connectivity index is 1.88. The molecule has 2 aromatic rings. The van der Waals surface area contributed by atoms with Gasteiger partial charge in [0, 0.05) is 28.4 Å². The lowest BCUT2D eigenvalue weighted by Gasteiger charge is -2.30. The molecule has 4 heteroatoms. The molecule has 0 saturated carbocycles. The topological polar surface area (TPSA) is 30.5 Å². The van der Waals surface area contributed by atoms with Gasteiger partial charge in [0.25, 0.3) is 0 Å². The Morgan fingerprint density at radius 2 is 1.92 bits per heavy atom. The van der Waals surface area contributed by atoms with Crippen LogP contribution in [0.15, 0.2) is 36.4 Å². The van der Waals surface area contributed by atoms with Gasteiger partial charge in [-0.1, -0.05) is 6.07 Å². The van der Waals surface area contributed by atoms with Gasteiger partial charge < -0.3 is 14.8 Å². The van der Waals surface area contributed by atoms with E-state index in [4.69, 9.17) is 9.47 Å². The Morgan fingerprint density at radius 3 is 2.68 bits per heavy atom. The molecule has 0 unspecified atom stereocenters. The summed E-state index contributed by atoms with van der Waals surface area (Å²) in [6.45, 7) is 8.63. The average molecular weight is 339 g/mol. The van der Waals surface area contributed by atoms with Gasteiger partial charge in [-0.05, 0) is 57.5 Å². The number of nitrogens with one attached hydrogen (secondary N) is 1. The van der Waals surface area contributed by atoms with Crippen LogP contribution in [0.3, 0.4) is 0 Å². The molecule has 0 spiro atoms. The Bertz CT molecular complexity index is 884. The van der Waals surface area contributed by atoms with Crippen LogP contribution in [0.1, 0.15) is 38.8 Å². The third kappa shape index (κ3) is 2.76. The van der Waals surface area contributed by atoms with E-state index in [1.165, 1.54) is 12.1 Å². The lowest BCUT2D eigenvalue weighted by Crippen LogP contribution is -2.31. The molecule has 2 aromatic carbocycles. The van der Waals surface area contributed by atoms with Gasteiger partial charge in [0.05, 0.1) is 11.6 Å². The molecule has 130 valence electrons. The largest absolute Gasteiger partial charge is 0.490 e. The molecule has 3 nitrogen and oxygen atoms in total. The van der Waals surface area contributed by atoms with E-state index >= 15 is 0 Å². The van der Waals surface area contributed by atoms with Gasteiger partial charge in [0.1, 0.15) is 23.9 Å². The van der Waals surface area contributed by atoms with Crippen LogP contribution in [0.5, 0.6) is 5.75 Å². The van der Waals surface area contributed by atoms with Crippen molar-refractivity contribution in [2.24, 2.45) is 0 Å². The first kappa shape index (κ1) is 16.0. The van der Waals surface area contributed by atoms with Crippen LogP contribution in [0.25, 0.3) is 16.9 Å². The van der Waals surface area contributed by atoms with Gasteiger partial charge in [0.2, 0.25) is 0 Å². The molecule has 4 rings (SSSR count). The molecule has 25 heavy (non-hydrogen) atoms. The molecule has 0 fully saturated rings. The summed E-state index contributed by atoms with van der Waals surface area (Å²) in [5, 5.41) is 3.53. The first-order valence-electron chi connectivity index (χ1n) is 8.61. The van der Waals surface area contributed by atoms with E-state index in [0.717, 1.165) is 33.7 Å². The zero-order chi connectivity index (χ0) is 17.8. The van der Waals surface area contributed by atoms with Gasteiger partial charge in [-0.15, -0.1) is 0 Å². The highest BCUT2D eigenvalue weighted by molar-refractivity contribution is 5.88. The fourth-order valence-electron chi connectivity index (χ4n) is 3.55. The van der Waals surface area contributed by atoms with Crippen LogP contribution in [-0.2, 0) is 11.3 Å². The monoisotopic (exact) mass is 339 g/mol. The van der Waals surface area contributed by atoms with Crippen LogP contribution in [0.2, 0.25) is 0 Å². The van der Waals surface area contributed by atoms with E-state index in [9.17, 15) is 4.39 Å². The minimum Gasteiger partial charge on any atom is -0.490 e. The smallest absolute Gasteiger partial charge is 0.130 e. The minimum atomic E-state index is -0.297. The Hall–Kier alpha value is -2.49. The fraction of sp³-hybridized carbons (Fsp3) is 0.333. The number of anilines is 1. The van der Waals surface area contributed by atoms with E-state index in [2.05, 4.69) is 37.4 Å². The Morgan fingerprint density at radius 1 is 1.16 bits per heavy atom. The predicted molar refractivity (Wildman–Crippen MR) is 98.1 cm³/mol. The zero-order valence-electron chi connectivity index (χ0n) is 14.9. The van der Waals surface area contributed by atoms with Crippen LogP contribution >= 0.6 is 0 Å². The molecule has 2 heterocycles. The highest BCUT2D eigenvalue weighted by atomic mass is 19.1. The lowest BCUT2D eigenvalue weighted by atomic mass is 9.89. The SMILES string of the molecule is CC(C)Oc1cc(F)ccc1-c1ccc2c3c1COC3=CC(C)(C)N2. The van der Waals surface area contributed by atoms with Gasteiger partial charge in [-0.25, -0.2) is 4.39 Å². The molecule has 2 aliphatic heterocycles. The number of hydrogen-bond donors (Lipinski definition) is 1. The summed E-state index contributed by atoms with van der Waals surface area (Å²) in [5.41, 5.74) is 5.07. The summed E-state index contributed by atoms with van der Waals surface area (Å²) in [5.74, 6) is 1.19.